The third kappa shape index (κ3) is 2.52. The fraction of sp³-hybridized carbons (Fsp3) is 0.188. The van der Waals surface area contributed by atoms with E-state index in [-0.39, 0.29) is 5.56 Å². The Labute approximate surface area is 121 Å². The molecule has 108 valence electrons. The minimum absolute atomic E-state index is 0.0535. The normalized spacial score (nSPS) is 12.7. The van der Waals surface area contributed by atoms with Gasteiger partial charge in [-0.25, -0.2) is 13.8 Å². The van der Waals surface area contributed by atoms with E-state index in [0.717, 1.165) is 11.0 Å². The number of hydrogen-bond donors (Lipinski definition) is 1. The van der Waals surface area contributed by atoms with Gasteiger partial charge in [-0.05, 0) is 31.3 Å². The lowest BCUT2D eigenvalue weighted by Gasteiger charge is -2.19. The van der Waals surface area contributed by atoms with Gasteiger partial charge < -0.3 is 9.88 Å². The topological polar surface area (TPSA) is 29.9 Å². The van der Waals surface area contributed by atoms with Crippen LogP contribution in [0, 0.1) is 11.6 Å². The number of halogens is 2. The van der Waals surface area contributed by atoms with Crippen LogP contribution in [0.1, 0.15) is 11.6 Å². The van der Waals surface area contributed by atoms with E-state index in [2.05, 4.69) is 10.3 Å². The van der Waals surface area contributed by atoms with E-state index in [1.165, 1.54) is 18.2 Å². The van der Waals surface area contributed by atoms with Crippen molar-refractivity contribution in [2.45, 2.75) is 12.6 Å². The predicted molar refractivity (Wildman–Crippen MR) is 77.9 cm³/mol. The molecule has 3 rings (SSSR count). The number of para-hydroxylation sites is 2. The zero-order valence-electron chi connectivity index (χ0n) is 11.6. The molecule has 0 fully saturated rings. The van der Waals surface area contributed by atoms with Gasteiger partial charge in [0.15, 0.2) is 0 Å². The molecule has 1 unspecified atom stereocenters. The number of benzene rings is 2. The summed E-state index contributed by atoms with van der Waals surface area (Å²) in [5.41, 5.74) is 1.86. The van der Waals surface area contributed by atoms with Crippen molar-refractivity contribution in [3.8, 4) is 0 Å². The van der Waals surface area contributed by atoms with E-state index in [4.69, 9.17) is 0 Å². The largest absolute Gasteiger partial charge is 0.329 e. The van der Waals surface area contributed by atoms with Crippen LogP contribution in [0.5, 0.6) is 0 Å². The van der Waals surface area contributed by atoms with Gasteiger partial charge in [-0.2, -0.15) is 0 Å². The van der Waals surface area contributed by atoms with Gasteiger partial charge in [0.2, 0.25) is 0 Å². The average molecular weight is 287 g/mol. The fourth-order valence-electron chi connectivity index (χ4n) is 2.52. The van der Waals surface area contributed by atoms with Gasteiger partial charge in [0.05, 0.1) is 23.4 Å². The molecule has 0 saturated heterocycles. The monoisotopic (exact) mass is 287 g/mol. The van der Waals surface area contributed by atoms with Crippen molar-refractivity contribution in [2.24, 2.45) is 0 Å². The van der Waals surface area contributed by atoms with Crippen LogP contribution in [0.4, 0.5) is 8.78 Å². The lowest BCUT2D eigenvalue weighted by molar-refractivity contribution is 0.450. The predicted octanol–water partition coefficient (Wildman–Crippen LogP) is 3.28. The molecule has 0 spiro atoms. The highest BCUT2D eigenvalue weighted by atomic mass is 19.1. The highest BCUT2D eigenvalue weighted by Gasteiger charge is 2.19. The maximum Gasteiger partial charge on any atom is 0.130 e. The van der Waals surface area contributed by atoms with E-state index < -0.39 is 17.7 Å². The first-order valence-corrected chi connectivity index (χ1v) is 6.71. The zero-order valence-corrected chi connectivity index (χ0v) is 11.6. The first-order chi connectivity index (χ1) is 10.2. The van der Waals surface area contributed by atoms with E-state index in [1.54, 1.807) is 13.4 Å². The molecule has 1 N–H and O–H groups in total. The van der Waals surface area contributed by atoms with Crippen LogP contribution >= 0.6 is 0 Å². The highest BCUT2D eigenvalue weighted by Crippen LogP contribution is 2.23. The molecule has 0 amide bonds. The molecule has 1 heterocycles. The average Bonchev–Trinajstić information content (AvgIpc) is 2.89. The zero-order chi connectivity index (χ0) is 14.8. The smallest absolute Gasteiger partial charge is 0.130 e. The Morgan fingerprint density at radius 3 is 2.52 bits per heavy atom. The molecule has 2 aromatic carbocycles. The summed E-state index contributed by atoms with van der Waals surface area (Å²) in [5.74, 6) is -1.09. The van der Waals surface area contributed by atoms with Gasteiger partial charge in [-0.1, -0.05) is 18.2 Å². The van der Waals surface area contributed by atoms with Crippen molar-refractivity contribution in [1.82, 2.24) is 14.9 Å². The molecule has 0 aliphatic carbocycles. The highest BCUT2D eigenvalue weighted by molar-refractivity contribution is 5.74. The number of imidazole rings is 1. The molecule has 0 aliphatic heterocycles. The van der Waals surface area contributed by atoms with Crippen LogP contribution < -0.4 is 5.32 Å². The lowest BCUT2D eigenvalue weighted by Crippen LogP contribution is -2.24. The number of aromatic nitrogens is 2. The Kier molecular flexibility index (Phi) is 3.66. The molecular formula is C16H15F2N3. The van der Waals surface area contributed by atoms with Gasteiger partial charge >= 0.3 is 0 Å². The summed E-state index contributed by atoms with van der Waals surface area (Å²) in [6, 6.07) is 11.1. The minimum Gasteiger partial charge on any atom is -0.329 e. The van der Waals surface area contributed by atoms with Crippen molar-refractivity contribution in [3.05, 3.63) is 66.0 Å². The Hall–Kier alpha value is -2.27. The summed E-state index contributed by atoms with van der Waals surface area (Å²) in [4.78, 5) is 4.29. The number of hydrogen-bond acceptors (Lipinski definition) is 2. The van der Waals surface area contributed by atoms with Gasteiger partial charge in [-0.3, -0.25) is 0 Å². The molecule has 3 nitrogen and oxygen atoms in total. The first-order valence-electron chi connectivity index (χ1n) is 6.71. The van der Waals surface area contributed by atoms with Crippen LogP contribution in [0.15, 0.2) is 48.8 Å². The molecule has 1 atom stereocenters. The van der Waals surface area contributed by atoms with Crippen molar-refractivity contribution in [3.63, 3.8) is 0 Å². The summed E-state index contributed by atoms with van der Waals surface area (Å²) in [7, 11) is 1.69. The quantitative estimate of drug-likeness (QED) is 0.798. The molecular weight excluding hydrogens is 272 g/mol. The first kappa shape index (κ1) is 13.7. The van der Waals surface area contributed by atoms with E-state index in [9.17, 15) is 8.78 Å². The Bertz CT molecular complexity index is 747. The number of likely N-dealkylation sites (N-methyl/N-ethyl adjacent to an activating group) is 1. The third-order valence-electron chi connectivity index (χ3n) is 3.60. The fourth-order valence-corrected chi connectivity index (χ4v) is 2.52. The van der Waals surface area contributed by atoms with Gasteiger partial charge in [0, 0.05) is 12.1 Å². The van der Waals surface area contributed by atoms with Crippen LogP contribution in [-0.4, -0.2) is 16.6 Å². The standard InChI is InChI=1S/C16H15F2N3/c1-19-14(16-11(17)5-4-6-12(16)18)9-21-10-20-13-7-2-3-8-15(13)21/h2-8,10,14,19H,9H2,1H3. The Morgan fingerprint density at radius 1 is 1.10 bits per heavy atom. The molecule has 21 heavy (non-hydrogen) atoms. The van der Waals surface area contributed by atoms with Gasteiger partial charge in [-0.15, -0.1) is 0 Å². The summed E-state index contributed by atoms with van der Waals surface area (Å²) in [6.07, 6.45) is 1.69. The number of rotatable bonds is 4. The summed E-state index contributed by atoms with van der Waals surface area (Å²) in [5, 5.41) is 2.97. The summed E-state index contributed by atoms with van der Waals surface area (Å²) >= 11 is 0. The summed E-state index contributed by atoms with van der Waals surface area (Å²) in [6.45, 7) is 0.398. The maximum absolute atomic E-state index is 13.9. The number of nitrogens with one attached hydrogen (secondary N) is 1. The van der Waals surface area contributed by atoms with E-state index in [1.807, 2.05) is 28.8 Å². The van der Waals surface area contributed by atoms with Crippen LogP contribution in [0.3, 0.4) is 0 Å². The summed E-state index contributed by atoms with van der Waals surface area (Å²) < 4.78 is 29.7. The Balaban J connectivity index is 1.98. The molecule has 1 aromatic heterocycles. The van der Waals surface area contributed by atoms with Crippen molar-refractivity contribution in [2.75, 3.05) is 7.05 Å². The van der Waals surface area contributed by atoms with Crippen molar-refractivity contribution < 1.29 is 8.78 Å². The van der Waals surface area contributed by atoms with Gasteiger partial charge in [0.25, 0.3) is 0 Å². The van der Waals surface area contributed by atoms with E-state index >= 15 is 0 Å². The molecule has 0 aliphatic rings. The SMILES string of the molecule is CNC(Cn1cnc2ccccc21)c1c(F)cccc1F. The lowest BCUT2D eigenvalue weighted by atomic mass is 10.1. The molecule has 0 saturated carbocycles. The van der Waals surface area contributed by atoms with Gasteiger partial charge in [0.1, 0.15) is 11.6 Å². The maximum atomic E-state index is 13.9. The number of nitrogens with zero attached hydrogens (tertiary/aromatic N) is 2. The second kappa shape index (κ2) is 5.61. The third-order valence-corrected chi connectivity index (χ3v) is 3.60. The van der Waals surface area contributed by atoms with Crippen molar-refractivity contribution >= 4 is 11.0 Å². The van der Waals surface area contributed by atoms with Crippen LogP contribution in [-0.2, 0) is 6.54 Å². The second-order valence-corrected chi connectivity index (χ2v) is 4.86. The van der Waals surface area contributed by atoms with Crippen LogP contribution in [0.25, 0.3) is 11.0 Å². The molecule has 0 bridgehead atoms. The van der Waals surface area contributed by atoms with Crippen LogP contribution in [0.2, 0.25) is 0 Å². The number of fused-ring (bicyclic) bond motifs is 1. The molecule has 0 radical (unpaired) electrons. The van der Waals surface area contributed by atoms with E-state index in [0.29, 0.717) is 6.54 Å². The Morgan fingerprint density at radius 2 is 1.81 bits per heavy atom. The second-order valence-electron chi connectivity index (χ2n) is 4.86. The molecule has 3 aromatic rings. The molecule has 5 heteroatoms. The minimum atomic E-state index is -0.543. The van der Waals surface area contributed by atoms with Crippen molar-refractivity contribution in [1.29, 1.82) is 0 Å².